The first-order valence-corrected chi connectivity index (χ1v) is 9.14. The second-order valence-electron chi connectivity index (χ2n) is 7.25. The van der Waals surface area contributed by atoms with E-state index in [4.69, 9.17) is 9.47 Å². The molecule has 0 spiro atoms. The number of benzene rings is 2. The molecule has 0 fully saturated rings. The Kier molecular flexibility index (Phi) is 7.07. The molecule has 0 atom stereocenters. The Morgan fingerprint density at radius 1 is 0.885 bits per heavy atom. The number of carbonyl (C=O) groups is 1. The summed E-state index contributed by atoms with van der Waals surface area (Å²) in [6, 6.07) is 15.3. The van der Waals surface area contributed by atoms with Crippen molar-refractivity contribution < 1.29 is 14.3 Å². The summed E-state index contributed by atoms with van der Waals surface area (Å²) in [4.78, 5) is 12.1. The van der Waals surface area contributed by atoms with E-state index in [2.05, 4.69) is 45.1 Å². The third-order valence-electron chi connectivity index (χ3n) is 3.97. The van der Waals surface area contributed by atoms with Crippen molar-refractivity contribution in [1.82, 2.24) is 5.32 Å². The smallest absolute Gasteiger partial charge is 0.251 e. The van der Waals surface area contributed by atoms with E-state index >= 15 is 0 Å². The topological polar surface area (TPSA) is 47.6 Å². The van der Waals surface area contributed by atoms with Gasteiger partial charge in [0.1, 0.15) is 18.1 Å². The molecular weight excluding hydrogens is 326 g/mol. The SMILES string of the molecule is CCCOc1ccc(C(=O)NCCOc2ccc(C(C)(C)C)cc2)cc1. The van der Waals surface area contributed by atoms with Gasteiger partial charge in [0.05, 0.1) is 13.2 Å². The fraction of sp³-hybridized carbons (Fsp3) is 0.409. The molecule has 0 radical (unpaired) electrons. The maximum Gasteiger partial charge on any atom is 0.251 e. The van der Waals surface area contributed by atoms with Crippen LogP contribution in [0.2, 0.25) is 0 Å². The van der Waals surface area contributed by atoms with Crippen LogP contribution < -0.4 is 14.8 Å². The molecule has 1 amide bonds. The van der Waals surface area contributed by atoms with Crippen LogP contribution in [0.3, 0.4) is 0 Å². The van der Waals surface area contributed by atoms with Gasteiger partial charge >= 0.3 is 0 Å². The van der Waals surface area contributed by atoms with E-state index in [0.29, 0.717) is 25.3 Å². The molecule has 0 aliphatic heterocycles. The lowest BCUT2D eigenvalue weighted by atomic mass is 9.87. The molecule has 1 N–H and O–H groups in total. The predicted octanol–water partition coefficient (Wildman–Crippen LogP) is 4.58. The van der Waals surface area contributed by atoms with E-state index < -0.39 is 0 Å². The normalized spacial score (nSPS) is 11.1. The molecule has 140 valence electrons. The second kappa shape index (κ2) is 9.27. The fourth-order valence-corrected chi connectivity index (χ4v) is 2.41. The Hall–Kier alpha value is -2.49. The van der Waals surface area contributed by atoms with Gasteiger partial charge in [-0.3, -0.25) is 4.79 Å². The quantitative estimate of drug-likeness (QED) is 0.705. The maximum absolute atomic E-state index is 12.1. The molecule has 0 heterocycles. The van der Waals surface area contributed by atoms with E-state index in [1.54, 1.807) is 12.1 Å². The van der Waals surface area contributed by atoms with Crippen molar-refractivity contribution in [3.8, 4) is 11.5 Å². The Labute approximate surface area is 156 Å². The molecule has 0 aliphatic carbocycles. The zero-order valence-electron chi connectivity index (χ0n) is 16.2. The van der Waals surface area contributed by atoms with Gasteiger partial charge in [-0.2, -0.15) is 0 Å². The van der Waals surface area contributed by atoms with Crippen LogP contribution in [-0.4, -0.2) is 25.7 Å². The maximum atomic E-state index is 12.1. The van der Waals surface area contributed by atoms with Crippen molar-refractivity contribution in [2.45, 2.75) is 39.5 Å². The third-order valence-corrected chi connectivity index (χ3v) is 3.97. The molecule has 0 unspecified atom stereocenters. The zero-order valence-corrected chi connectivity index (χ0v) is 16.2. The Morgan fingerprint density at radius 3 is 1.96 bits per heavy atom. The average Bonchev–Trinajstić information content (AvgIpc) is 2.63. The molecule has 0 saturated carbocycles. The fourth-order valence-electron chi connectivity index (χ4n) is 2.41. The number of carbonyl (C=O) groups excluding carboxylic acids is 1. The number of hydrogen-bond acceptors (Lipinski definition) is 3. The van der Waals surface area contributed by atoms with Gasteiger partial charge in [0.15, 0.2) is 0 Å². The van der Waals surface area contributed by atoms with Crippen LogP contribution in [0, 0.1) is 0 Å². The van der Waals surface area contributed by atoms with Gasteiger partial charge < -0.3 is 14.8 Å². The van der Waals surface area contributed by atoms with Crippen LogP contribution >= 0.6 is 0 Å². The van der Waals surface area contributed by atoms with Crippen molar-refractivity contribution >= 4 is 5.91 Å². The lowest BCUT2D eigenvalue weighted by Gasteiger charge is -2.19. The van der Waals surface area contributed by atoms with Crippen LogP contribution in [0.1, 0.15) is 50.0 Å². The summed E-state index contributed by atoms with van der Waals surface area (Å²) in [7, 11) is 0. The van der Waals surface area contributed by atoms with Crippen molar-refractivity contribution in [3.05, 3.63) is 59.7 Å². The van der Waals surface area contributed by atoms with Crippen molar-refractivity contribution in [2.24, 2.45) is 0 Å². The molecule has 0 bridgehead atoms. The van der Waals surface area contributed by atoms with E-state index in [1.807, 2.05) is 24.3 Å². The molecular formula is C22H29NO3. The first-order chi connectivity index (χ1) is 12.4. The number of rotatable bonds is 8. The van der Waals surface area contributed by atoms with Crippen LogP contribution in [0.25, 0.3) is 0 Å². The summed E-state index contributed by atoms with van der Waals surface area (Å²) in [6.07, 6.45) is 0.959. The highest BCUT2D eigenvalue weighted by Gasteiger charge is 2.13. The van der Waals surface area contributed by atoms with Crippen LogP contribution in [0.5, 0.6) is 11.5 Å². The molecule has 2 aromatic rings. The molecule has 4 heteroatoms. The molecule has 0 aliphatic rings. The van der Waals surface area contributed by atoms with Crippen LogP contribution in [0.4, 0.5) is 0 Å². The lowest BCUT2D eigenvalue weighted by molar-refractivity contribution is 0.0947. The van der Waals surface area contributed by atoms with Crippen molar-refractivity contribution in [1.29, 1.82) is 0 Å². The Morgan fingerprint density at radius 2 is 1.42 bits per heavy atom. The van der Waals surface area contributed by atoms with Crippen molar-refractivity contribution in [3.63, 3.8) is 0 Å². The first-order valence-electron chi connectivity index (χ1n) is 9.14. The summed E-state index contributed by atoms with van der Waals surface area (Å²) in [5, 5.41) is 2.86. The minimum atomic E-state index is -0.112. The molecule has 26 heavy (non-hydrogen) atoms. The molecule has 4 nitrogen and oxygen atoms in total. The summed E-state index contributed by atoms with van der Waals surface area (Å²) >= 11 is 0. The Balaban J connectivity index is 1.74. The van der Waals surface area contributed by atoms with Gasteiger partial charge in [0.2, 0.25) is 0 Å². The molecule has 2 rings (SSSR count). The van der Waals surface area contributed by atoms with Gasteiger partial charge in [-0.05, 0) is 53.8 Å². The number of ether oxygens (including phenoxy) is 2. The summed E-state index contributed by atoms with van der Waals surface area (Å²) in [6.45, 7) is 10.2. The number of amides is 1. The third kappa shape index (κ3) is 6.10. The van der Waals surface area contributed by atoms with E-state index in [0.717, 1.165) is 17.9 Å². The minimum absolute atomic E-state index is 0.112. The van der Waals surface area contributed by atoms with Gasteiger partial charge in [-0.15, -0.1) is 0 Å². The molecule has 2 aromatic carbocycles. The van der Waals surface area contributed by atoms with E-state index in [1.165, 1.54) is 5.56 Å². The first kappa shape index (κ1) is 19.8. The van der Waals surface area contributed by atoms with Gasteiger partial charge in [0, 0.05) is 5.56 Å². The minimum Gasteiger partial charge on any atom is -0.494 e. The summed E-state index contributed by atoms with van der Waals surface area (Å²) in [5.41, 5.74) is 2.01. The molecule has 0 saturated heterocycles. The lowest BCUT2D eigenvalue weighted by Crippen LogP contribution is -2.28. The zero-order chi connectivity index (χ0) is 19.0. The van der Waals surface area contributed by atoms with Gasteiger partial charge in [-0.1, -0.05) is 39.8 Å². The highest BCUT2D eigenvalue weighted by atomic mass is 16.5. The Bertz CT molecular complexity index is 685. The van der Waals surface area contributed by atoms with E-state index in [9.17, 15) is 4.79 Å². The number of nitrogens with one attached hydrogen (secondary N) is 1. The van der Waals surface area contributed by atoms with Gasteiger partial charge in [0.25, 0.3) is 5.91 Å². The van der Waals surface area contributed by atoms with Crippen molar-refractivity contribution in [2.75, 3.05) is 19.8 Å². The van der Waals surface area contributed by atoms with Crippen LogP contribution in [-0.2, 0) is 5.41 Å². The monoisotopic (exact) mass is 355 g/mol. The number of hydrogen-bond donors (Lipinski definition) is 1. The highest BCUT2D eigenvalue weighted by Crippen LogP contribution is 2.24. The molecule has 0 aromatic heterocycles. The van der Waals surface area contributed by atoms with E-state index in [-0.39, 0.29) is 11.3 Å². The van der Waals surface area contributed by atoms with Gasteiger partial charge in [-0.25, -0.2) is 0 Å². The standard InChI is InChI=1S/C22H29NO3/c1-5-15-25-19-10-6-17(7-11-19)21(24)23-14-16-26-20-12-8-18(9-13-20)22(2,3)4/h6-13H,5,14-16H2,1-4H3,(H,23,24). The highest BCUT2D eigenvalue weighted by molar-refractivity contribution is 5.94. The predicted molar refractivity (Wildman–Crippen MR) is 105 cm³/mol. The summed E-state index contributed by atoms with van der Waals surface area (Å²) in [5.74, 6) is 1.48. The second-order valence-corrected chi connectivity index (χ2v) is 7.25. The summed E-state index contributed by atoms with van der Waals surface area (Å²) < 4.78 is 11.2. The van der Waals surface area contributed by atoms with Crippen LogP contribution in [0.15, 0.2) is 48.5 Å². The average molecular weight is 355 g/mol. The largest absolute Gasteiger partial charge is 0.494 e.